The zero-order valence-corrected chi connectivity index (χ0v) is 18.8. The highest BCUT2D eigenvalue weighted by molar-refractivity contribution is 9.10. The standard InChI is InChI=1S/C23H21BrN2O3S/c1-17-14-18-8-5-6-13-22(18)26(17)23(27)16-25(20-10-7-9-19(24)15-20)30(28,29)21-11-3-2-4-12-21/h2-13,15,17H,14,16H2,1H3/t17-/m0/s1. The molecule has 0 fully saturated rings. The molecule has 0 aliphatic carbocycles. The molecule has 0 N–H and O–H groups in total. The summed E-state index contributed by atoms with van der Waals surface area (Å²) >= 11 is 3.40. The molecule has 4 rings (SSSR count). The first-order valence-corrected chi connectivity index (χ1v) is 11.8. The Bertz CT molecular complexity index is 1180. The molecule has 1 heterocycles. The van der Waals surface area contributed by atoms with Gasteiger partial charge in [0.15, 0.2) is 0 Å². The topological polar surface area (TPSA) is 57.7 Å². The summed E-state index contributed by atoms with van der Waals surface area (Å²) in [5.41, 5.74) is 2.38. The van der Waals surface area contributed by atoms with Gasteiger partial charge in [0.25, 0.3) is 10.0 Å². The number of halogens is 1. The van der Waals surface area contributed by atoms with Crippen LogP contribution in [0, 0.1) is 0 Å². The molecule has 3 aromatic carbocycles. The monoisotopic (exact) mass is 484 g/mol. The predicted molar refractivity (Wildman–Crippen MR) is 122 cm³/mol. The summed E-state index contributed by atoms with van der Waals surface area (Å²) in [6.07, 6.45) is 0.754. The molecule has 0 saturated heterocycles. The normalized spacial score (nSPS) is 15.7. The summed E-state index contributed by atoms with van der Waals surface area (Å²) in [7, 11) is -3.93. The van der Waals surface area contributed by atoms with Crippen molar-refractivity contribution in [3.63, 3.8) is 0 Å². The van der Waals surface area contributed by atoms with Crippen molar-refractivity contribution in [2.75, 3.05) is 15.7 Å². The molecule has 0 spiro atoms. The van der Waals surface area contributed by atoms with E-state index in [1.807, 2.05) is 37.3 Å². The first-order chi connectivity index (χ1) is 14.4. The highest BCUT2D eigenvalue weighted by Crippen LogP contribution is 2.33. The van der Waals surface area contributed by atoms with Crippen LogP contribution in [0.4, 0.5) is 11.4 Å². The number of para-hydroxylation sites is 1. The number of sulfonamides is 1. The Kier molecular flexibility index (Phi) is 5.66. The lowest BCUT2D eigenvalue weighted by atomic mass is 10.1. The Morgan fingerprint density at radius 3 is 2.47 bits per heavy atom. The van der Waals surface area contributed by atoms with Gasteiger partial charge in [0.05, 0.1) is 10.6 Å². The van der Waals surface area contributed by atoms with Crippen LogP contribution in [0.15, 0.2) is 88.2 Å². The Balaban J connectivity index is 1.73. The van der Waals surface area contributed by atoms with Gasteiger partial charge in [-0.3, -0.25) is 9.10 Å². The fourth-order valence-corrected chi connectivity index (χ4v) is 5.62. The third-order valence-electron chi connectivity index (χ3n) is 5.18. The van der Waals surface area contributed by atoms with E-state index >= 15 is 0 Å². The molecule has 0 radical (unpaired) electrons. The highest BCUT2D eigenvalue weighted by atomic mass is 79.9. The van der Waals surface area contributed by atoms with Crippen LogP contribution < -0.4 is 9.21 Å². The number of carbonyl (C=O) groups excluding carboxylic acids is 1. The van der Waals surface area contributed by atoms with Gasteiger partial charge >= 0.3 is 0 Å². The van der Waals surface area contributed by atoms with E-state index in [4.69, 9.17) is 0 Å². The molecule has 30 heavy (non-hydrogen) atoms. The number of rotatable bonds is 5. The lowest BCUT2D eigenvalue weighted by Crippen LogP contribution is -2.45. The van der Waals surface area contributed by atoms with E-state index in [1.54, 1.807) is 53.4 Å². The maximum Gasteiger partial charge on any atom is 0.264 e. The second kappa shape index (κ2) is 8.24. The summed E-state index contributed by atoms with van der Waals surface area (Å²) in [5, 5.41) is 0. The molecule has 7 heteroatoms. The van der Waals surface area contributed by atoms with E-state index in [2.05, 4.69) is 15.9 Å². The van der Waals surface area contributed by atoms with Gasteiger partial charge in [0.2, 0.25) is 5.91 Å². The van der Waals surface area contributed by atoms with E-state index in [9.17, 15) is 13.2 Å². The second-order valence-corrected chi connectivity index (χ2v) is 10.0. The molecule has 1 aliphatic rings. The van der Waals surface area contributed by atoms with Gasteiger partial charge in [-0.2, -0.15) is 0 Å². The smallest absolute Gasteiger partial charge is 0.264 e. The first-order valence-electron chi connectivity index (χ1n) is 9.61. The second-order valence-electron chi connectivity index (χ2n) is 7.25. The van der Waals surface area contributed by atoms with Gasteiger partial charge < -0.3 is 4.90 Å². The number of nitrogens with zero attached hydrogens (tertiary/aromatic N) is 2. The fourth-order valence-electron chi connectivity index (χ4n) is 3.81. The van der Waals surface area contributed by atoms with Crippen LogP contribution in [0.25, 0.3) is 0 Å². The average Bonchev–Trinajstić information content (AvgIpc) is 3.08. The third kappa shape index (κ3) is 3.87. The van der Waals surface area contributed by atoms with Gasteiger partial charge in [-0.05, 0) is 55.3 Å². The maximum atomic E-state index is 13.5. The van der Waals surface area contributed by atoms with Crippen molar-refractivity contribution in [1.29, 1.82) is 0 Å². The third-order valence-corrected chi connectivity index (χ3v) is 7.46. The number of carbonyl (C=O) groups is 1. The van der Waals surface area contributed by atoms with Crippen LogP contribution in [0.3, 0.4) is 0 Å². The Labute approximate surface area is 185 Å². The van der Waals surface area contributed by atoms with E-state index < -0.39 is 10.0 Å². The number of amides is 1. The molecule has 1 atom stereocenters. The predicted octanol–water partition coefficient (Wildman–Crippen LogP) is 4.62. The van der Waals surface area contributed by atoms with Crippen LogP contribution in [-0.2, 0) is 21.2 Å². The molecular weight excluding hydrogens is 464 g/mol. The number of fused-ring (bicyclic) bond motifs is 1. The van der Waals surface area contributed by atoms with Crippen LogP contribution in [-0.4, -0.2) is 26.9 Å². The van der Waals surface area contributed by atoms with E-state index in [0.29, 0.717) is 5.69 Å². The lowest BCUT2D eigenvalue weighted by molar-refractivity contribution is -0.117. The molecule has 3 aromatic rings. The largest absolute Gasteiger partial charge is 0.307 e. The zero-order valence-electron chi connectivity index (χ0n) is 16.4. The van der Waals surface area contributed by atoms with Gasteiger partial charge in [-0.15, -0.1) is 0 Å². The van der Waals surface area contributed by atoms with Crippen LogP contribution in [0.2, 0.25) is 0 Å². The summed E-state index contributed by atoms with van der Waals surface area (Å²) in [5.74, 6) is -0.257. The summed E-state index contributed by atoms with van der Waals surface area (Å²) in [6.45, 7) is 1.69. The number of hydrogen-bond acceptors (Lipinski definition) is 3. The van der Waals surface area contributed by atoms with E-state index in [0.717, 1.165) is 22.1 Å². The number of hydrogen-bond donors (Lipinski definition) is 0. The van der Waals surface area contributed by atoms with Crippen molar-refractivity contribution in [2.45, 2.75) is 24.3 Å². The molecule has 1 aliphatic heterocycles. The Morgan fingerprint density at radius 2 is 1.73 bits per heavy atom. The Hall–Kier alpha value is -2.64. The summed E-state index contributed by atoms with van der Waals surface area (Å²) < 4.78 is 28.8. The van der Waals surface area contributed by atoms with Crippen molar-refractivity contribution < 1.29 is 13.2 Å². The summed E-state index contributed by atoms with van der Waals surface area (Å²) in [6, 6.07) is 22.9. The minimum atomic E-state index is -3.93. The summed E-state index contributed by atoms with van der Waals surface area (Å²) in [4.78, 5) is 15.2. The lowest BCUT2D eigenvalue weighted by Gasteiger charge is -2.29. The van der Waals surface area contributed by atoms with Crippen molar-refractivity contribution in [3.8, 4) is 0 Å². The quantitative estimate of drug-likeness (QED) is 0.530. The Morgan fingerprint density at radius 1 is 1.03 bits per heavy atom. The first kappa shape index (κ1) is 20.6. The average molecular weight is 485 g/mol. The molecule has 154 valence electrons. The highest BCUT2D eigenvalue weighted by Gasteiger charge is 2.34. The molecule has 5 nitrogen and oxygen atoms in total. The van der Waals surface area contributed by atoms with Gasteiger partial charge in [0, 0.05) is 16.2 Å². The van der Waals surface area contributed by atoms with Crippen LogP contribution in [0.5, 0.6) is 0 Å². The van der Waals surface area contributed by atoms with Crippen LogP contribution >= 0.6 is 15.9 Å². The molecule has 1 amide bonds. The van der Waals surface area contributed by atoms with Crippen LogP contribution in [0.1, 0.15) is 12.5 Å². The van der Waals surface area contributed by atoms with Gasteiger partial charge in [-0.25, -0.2) is 8.42 Å². The SMILES string of the molecule is C[C@H]1Cc2ccccc2N1C(=O)CN(c1cccc(Br)c1)S(=O)(=O)c1ccccc1. The van der Waals surface area contributed by atoms with Gasteiger partial charge in [0.1, 0.15) is 6.54 Å². The van der Waals surface area contributed by atoms with Crippen molar-refractivity contribution in [3.05, 3.63) is 88.9 Å². The molecule has 0 saturated carbocycles. The fraction of sp³-hybridized carbons (Fsp3) is 0.174. The van der Waals surface area contributed by atoms with Crippen molar-refractivity contribution >= 4 is 43.2 Å². The van der Waals surface area contributed by atoms with E-state index in [1.165, 1.54) is 4.31 Å². The molecule has 0 bridgehead atoms. The van der Waals surface area contributed by atoms with Crippen molar-refractivity contribution in [2.24, 2.45) is 0 Å². The number of benzene rings is 3. The number of anilines is 2. The minimum Gasteiger partial charge on any atom is -0.307 e. The maximum absolute atomic E-state index is 13.5. The van der Waals surface area contributed by atoms with Gasteiger partial charge in [-0.1, -0.05) is 58.4 Å². The zero-order chi connectivity index (χ0) is 21.3. The van der Waals surface area contributed by atoms with E-state index in [-0.39, 0.29) is 23.4 Å². The molecular formula is C23H21BrN2O3S. The molecule has 0 unspecified atom stereocenters. The van der Waals surface area contributed by atoms with Crippen molar-refractivity contribution in [1.82, 2.24) is 0 Å². The molecule has 0 aromatic heterocycles. The minimum absolute atomic E-state index is 0.0290.